The van der Waals surface area contributed by atoms with Crippen molar-refractivity contribution >= 4 is 5.97 Å². The van der Waals surface area contributed by atoms with E-state index in [9.17, 15) is 4.79 Å². The average Bonchev–Trinajstić information content (AvgIpc) is 3.23. The highest BCUT2D eigenvalue weighted by molar-refractivity contribution is 5.90. The molecule has 1 N–H and O–H groups in total. The number of benzene rings is 1. The van der Waals surface area contributed by atoms with Crippen molar-refractivity contribution in [1.82, 2.24) is 5.32 Å². The third-order valence-electron chi connectivity index (χ3n) is 4.20. The molecule has 1 saturated carbocycles. The van der Waals surface area contributed by atoms with E-state index < -0.39 is 0 Å². The molecule has 1 aromatic carbocycles. The van der Waals surface area contributed by atoms with Crippen LogP contribution in [0.5, 0.6) is 0 Å². The van der Waals surface area contributed by atoms with Crippen LogP contribution in [0.25, 0.3) is 0 Å². The maximum absolute atomic E-state index is 11.7. The molecule has 4 nitrogen and oxygen atoms in total. The van der Waals surface area contributed by atoms with Gasteiger partial charge in [-0.2, -0.15) is 0 Å². The van der Waals surface area contributed by atoms with Crippen molar-refractivity contribution in [3.05, 3.63) is 35.4 Å². The highest BCUT2D eigenvalue weighted by atomic mass is 16.5. The van der Waals surface area contributed by atoms with E-state index in [0.29, 0.717) is 24.3 Å². The molecule has 0 aromatic heterocycles. The molecule has 4 heteroatoms. The Balaban J connectivity index is 1.64. The van der Waals surface area contributed by atoms with E-state index in [1.807, 2.05) is 24.3 Å². The van der Waals surface area contributed by atoms with Crippen LogP contribution in [0.15, 0.2) is 24.3 Å². The van der Waals surface area contributed by atoms with Crippen molar-refractivity contribution in [2.75, 3.05) is 13.7 Å². The van der Waals surface area contributed by atoms with Crippen LogP contribution < -0.4 is 5.32 Å². The minimum atomic E-state index is -0.274. The summed E-state index contributed by atoms with van der Waals surface area (Å²) in [6, 6.07) is 8.01. The van der Waals surface area contributed by atoms with Gasteiger partial charge in [-0.3, -0.25) is 0 Å². The molecule has 108 valence electrons. The second kappa shape index (κ2) is 5.94. The maximum atomic E-state index is 11.7. The standard InChI is InChI=1S/C16H21NO3/c1-19-16(18)13-5-3-2-4-12(13)10-17-14-8-9-20-15(14)11-6-7-11/h2-5,11,14-15,17H,6-10H2,1H3. The Kier molecular flexibility index (Phi) is 4.03. The zero-order chi connectivity index (χ0) is 13.9. The minimum Gasteiger partial charge on any atom is -0.465 e. The van der Waals surface area contributed by atoms with E-state index in [2.05, 4.69) is 5.32 Å². The zero-order valence-corrected chi connectivity index (χ0v) is 11.8. The van der Waals surface area contributed by atoms with E-state index in [0.717, 1.165) is 24.5 Å². The Bertz CT molecular complexity index is 484. The van der Waals surface area contributed by atoms with Crippen molar-refractivity contribution in [2.45, 2.75) is 38.0 Å². The molecule has 2 aliphatic rings. The molecule has 1 aromatic rings. The van der Waals surface area contributed by atoms with E-state index in [-0.39, 0.29) is 5.97 Å². The van der Waals surface area contributed by atoms with Gasteiger partial charge in [0.25, 0.3) is 0 Å². The number of rotatable bonds is 5. The first-order valence-corrected chi connectivity index (χ1v) is 7.31. The van der Waals surface area contributed by atoms with Crippen LogP contribution in [0.1, 0.15) is 35.2 Å². The lowest BCUT2D eigenvalue weighted by Gasteiger charge is -2.20. The number of carbonyl (C=O) groups excluding carboxylic acids is 1. The van der Waals surface area contributed by atoms with Crippen molar-refractivity contribution in [2.24, 2.45) is 5.92 Å². The average molecular weight is 275 g/mol. The van der Waals surface area contributed by atoms with Crippen molar-refractivity contribution in [1.29, 1.82) is 0 Å². The third-order valence-corrected chi connectivity index (χ3v) is 4.20. The van der Waals surface area contributed by atoms with Crippen molar-refractivity contribution in [3.63, 3.8) is 0 Å². The summed E-state index contributed by atoms with van der Waals surface area (Å²) in [7, 11) is 1.42. The predicted octanol–water partition coefficient (Wildman–Crippen LogP) is 2.13. The molecule has 3 rings (SSSR count). The number of nitrogens with one attached hydrogen (secondary N) is 1. The molecule has 2 fully saturated rings. The van der Waals surface area contributed by atoms with E-state index in [1.165, 1.54) is 20.0 Å². The first kappa shape index (κ1) is 13.6. The highest BCUT2D eigenvalue weighted by Crippen LogP contribution is 2.38. The predicted molar refractivity (Wildman–Crippen MR) is 75.5 cm³/mol. The topological polar surface area (TPSA) is 47.6 Å². The van der Waals surface area contributed by atoms with Crippen LogP contribution in [0.3, 0.4) is 0 Å². The summed E-state index contributed by atoms with van der Waals surface area (Å²) in [5.74, 6) is 0.467. The summed E-state index contributed by atoms with van der Waals surface area (Å²) in [5.41, 5.74) is 1.63. The molecule has 1 heterocycles. The molecule has 0 amide bonds. The molecule has 2 unspecified atom stereocenters. The van der Waals surface area contributed by atoms with Gasteiger partial charge in [0.1, 0.15) is 0 Å². The van der Waals surface area contributed by atoms with Gasteiger partial charge in [-0.25, -0.2) is 4.79 Å². The number of ether oxygens (including phenoxy) is 2. The number of hydrogen-bond donors (Lipinski definition) is 1. The fourth-order valence-electron chi connectivity index (χ4n) is 2.94. The molecule has 20 heavy (non-hydrogen) atoms. The van der Waals surface area contributed by atoms with Crippen molar-refractivity contribution < 1.29 is 14.3 Å². The van der Waals surface area contributed by atoms with Gasteiger partial charge in [0.15, 0.2) is 0 Å². The van der Waals surface area contributed by atoms with E-state index in [1.54, 1.807) is 0 Å². The van der Waals surface area contributed by atoms with E-state index in [4.69, 9.17) is 9.47 Å². The Morgan fingerprint density at radius 3 is 2.90 bits per heavy atom. The SMILES string of the molecule is COC(=O)c1ccccc1CNC1CCOC1C1CC1. The van der Waals surface area contributed by atoms with Crippen LogP contribution in [0, 0.1) is 5.92 Å². The van der Waals surface area contributed by atoms with Crippen LogP contribution in [0.2, 0.25) is 0 Å². The van der Waals surface area contributed by atoms with E-state index >= 15 is 0 Å². The molecule has 1 saturated heterocycles. The normalized spacial score (nSPS) is 25.6. The summed E-state index contributed by atoms with van der Waals surface area (Å²) in [4.78, 5) is 11.7. The Labute approximate surface area is 119 Å². The number of hydrogen-bond acceptors (Lipinski definition) is 4. The van der Waals surface area contributed by atoms with Crippen molar-refractivity contribution in [3.8, 4) is 0 Å². The van der Waals surface area contributed by atoms with Gasteiger partial charge in [0.2, 0.25) is 0 Å². The number of methoxy groups -OCH3 is 1. The minimum absolute atomic E-state index is 0.274. The van der Waals surface area contributed by atoms with Gasteiger partial charge in [0.05, 0.1) is 18.8 Å². The fraction of sp³-hybridized carbons (Fsp3) is 0.562. The Morgan fingerprint density at radius 1 is 1.35 bits per heavy atom. The van der Waals surface area contributed by atoms with Crippen LogP contribution in [-0.2, 0) is 16.0 Å². The molecule has 0 spiro atoms. The van der Waals surface area contributed by atoms with Gasteiger partial charge < -0.3 is 14.8 Å². The Morgan fingerprint density at radius 2 is 2.15 bits per heavy atom. The van der Waals surface area contributed by atoms with Gasteiger partial charge in [-0.1, -0.05) is 18.2 Å². The highest BCUT2D eigenvalue weighted by Gasteiger charge is 2.40. The molecular formula is C16H21NO3. The summed E-state index contributed by atoms with van der Waals surface area (Å²) >= 11 is 0. The van der Waals surface area contributed by atoms with Gasteiger partial charge in [-0.15, -0.1) is 0 Å². The van der Waals surface area contributed by atoms with Crippen LogP contribution in [-0.4, -0.2) is 31.8 Å². The largest absolute Gasteiger partial charge is 0.465 e. The zero-order valence-electron chi connectivity index (χ0n) is 11.8. The third kappa shape index (κ3) is 2.86. The van der Waals surface area contributed by atoms with Gasteiger partial charge in [-0.05, 0) is 36.8 Å². The van der Waals surface area contributed by atoms with Crippen LogP contribution >= 0.6 is 0 Å². The lowest BCUT2D eigenvalue weighted by molar-refractivity contribution is 0.0599. The summed E-state index contributed by atoms with van der Waals surface area (Å²) < 4.78 is 10.6. The Hall–Kier alpha value is -1.39. The molecule has 2 atom stereocenters. The number of carbonyl (C=O) groups is 1. The smallest absolute Gasteiger partial charge is 0.338 e. The van der Waals surface area contributed by atoms with Crippen LogP contribution in [0.4, 0.5) is 0 Å². The quantitative estimate of drug-likeness (QED) is 0.836. The molecule has 1 aliphatic heterocycles. The first-order chi connectivity index (χ1) is 9.79. The summed E-state index contributed by atoms with van der Waals surface area (Å²) in [6.45, 7) is 1.53. The monoisotopic (exact) mass is 275 g/mol. The fourth-order valence-corrected chi connectivity index (χ4v) is 2.94. The summed E-state index contributed by atoms with van der Waals surface area (Å²) in [6.07, 6.45) is 4.00. The lowest BCUT2D eigenvalue weighted by atomic mass is 10.0. The van der Waals surface area contributed by atoms with Gasteiger partial charge in [0, 0.05) is 19.2 Å². The number of esters is 1. The lowest BCUT2D eigenvalue weighted by Crippen LogP contribution is -2.37. The molecule has 1 aliphatic carbocycles. The molecular weight excluding hydrogens is 254 g/mol. The first-order valence-electron chi connectivity index (χ1n) is 7.31. The van der Waals surface area contributed by atoms with Gasteiger partial charge >= 0.3 is 5.97 Å². The second-order valence-corrected chi connectivity index (χ2v) is 5.60. The summed E-state index contributed by atoms with van der Waals surface area (Å²) in [5, 5.41) is 3.56. The molecule has 0 bridgehead atoms. The second-order valence-electron chi connectivity index (χ2n) is 5.60. The molecule has 0 radical (unpaired) electrons. The maximum Gasteiger partial charge on any atom is 0.338 e.